The maximum Gasteiger partial charge on any atom is 0.217 e. The number of hydrogen-bond acceptors (Lipinski definition) is 2. The molecule has 66 valence electrons. The van der Waals surface area contributed by atoms with Gasteiger partial charge in [0.05, 0.1) is 5.60 Å². The van der Waals surface area contributed by atoms with Gasteiger partial charge in [-0.15, -0.1) is 0 Å². The van der Waals surface area contributed by atoms with Crippen LogP contribution in [0, 0.1) is 0 Å². The largest absolute Gasteiger partial charge is 0.390 e. The van der Waals surface area contributed by atoms with Gasteiger partial charge < -0.3 is 10.8 Å². The number of hydrogen-bond donors (Lipinski definition) is 2. The molecule has 0 unspecified atom stereocenters. The first-order chi connectivity index (χ1) is 4.92. The smallest absolute Gasteiger partial charge is 0.217 e. The molecule has 0 heterocycles. The fourth-order valence-electron chi connectivity index (χ4n) is 0.857. The molecule has 3 N–H and O–H groups in total. The van der Waals surface area contributed by atoms with Crippen molar-refractivity contribution in [2.24, 2.45) is 5.73 Å². The highest BCUT2D eigenvalue weighted by Crippen LogP contribution is 2.12. The van der Waals surface area contributed by atoms with Gasteiger partial charge in [0.1, 0.15) is 0 Å². The number of unbranched alkanes of at least 4 members (excludes halogenated alkanes) is 1. The number of carbonyl (C=O) groups is 1. The molecule has 11 heavy (non-hydrogen) atoms. The van der Waals surface area contributed by atoms with Crippen LogP contribution in [0.4, 0.5) is 0 Å². The summed E-state index contributed by atoms with van der Waals surface area (Å²) in [6.07, 6.45) is 2.78. The number of amides is 1. The Morgan fingerprint density at radius 3 is 2.36 bits per heavy atom. The monoisotopic (exact) mass is 159 g/mol. The van der Waals surface area contributed by atoms with Crippen molar-refractivity contribution < 1.29 is 9.90 Å². The van der Waals surface area contributed by atoms with Crippen LogP contribution in [0.2, 0.25) is 0 Å². The van der Waals surface area contributed by atoms with Crippen LogP contribution in [0.15, 0.2) is 0 Å². The lowest BCUT2D eigenvalue weighted by Crippen LogP contribution is -2.18. The Balaban J connectivity index is 3.22. The van der Waals surface area contributed by atoms with Gasteiger partial charge in [0, 0.05) is 6.42 Å². The minimum atomic E-state index is -0.613. The predicted molar refractivity (Wildman–Crippen MR) is 44.0 cm³/mol. The Kier molecular flexibility index (Phi) is 4.11. The normalized spacial score (nSPS) is 11.5. The van der Waals surface area contributed by atoms with Gasteiger partial charge in [0.2, 0.25) is 5.91 Å². The van der Waals surface area contributed by atoms with Crippen molar-refractivity contribution in [3.8, 4) is 0 Å². The fourth-order valence-corrected chi connectivity index (χ4v) is 0.857. The molecular weight excluding hydrogens is 142 g/mol. The summed E-state index contributed by atoms with van der Waals surface area (Å²) in [5, 5.41) is 9.27. The molecule has 0 aromatic rings. The highest BCUT2D eigenvalue weighted by atomic mass is 16.3. The van der Waals surface area contributed by atoms with Gasteiger partial charge >= 0.3 is 0 Å². The molecule has 0 aromatic heterocycles. The zero-order chi connectivity index (χ0) is 8.91. The Bertz CT molecular complexity index is 127. The second-order valence-corrected chi connectivity index (χ2v) is 3.49. The van der Waals surface area contributed by atoms with E-state index in [1.54, 1.807) is 13.8 Å². The van der Waals surface area contributed by atoms with Crippen LogP contribution in [0.1, 0.15) is 39.5 Å². The minimum absolute atomic E-state index is 0.263. The van der Waals surface area contributed by atoms with Crippen LogP contribution in [0.25, 0.3) is 0 Å². The first-order valence-corrected chi connectivity index (χ1v) is 3.92. The molecule has 0 atom stereocenters. The third kappa shape index (κ3) is 9.43. The fraction of sp³-hybridized carbons (Fsp3) is 0.875. The first-order valence-electron chi connectivity index (χ1n) is 3.92. The number of aliphatic hydroxyl groups is 1. The highest BCUT2D eigenvalue weighted by Gasteiger charge is 2.11. The van der Waals surface area contributed by atoms with Gasteiger partial charge in [-0.25, -0.2) is 0 Å². The van der Waals surface area contributed by atoms with Gasteiger partial charge in [-0.05, 0) is 26.7 Å². The van der Waals surface area contributed by atoms with Crippen molar-refractivity contribution in [1.29, 1.82) is 0 Å². The Hall–Kier alpha value is -0.570. The van der Waals surface area contributed by atoms with E-state index >= 15 is 0 Å². The molecule has 0 aliphatic rings. The number of nitrogens with two attached hydrogens (primary N) is 1. The lowest BCUT2D eigenvalue weighted by Gasteiger charge is -2.15. The Morgan fingerprint density at radius 1 is 1.45 bits per heavy atom. The number of primary amides is 1. The van der Waals surface area contributed by atoms with E-state index in [2.05, 4.69) is 0 Å². The van der Waals surface area contributed by atoms with E-state index in [0.717, 1.165) is 19.3 Å². The molecule has 0 saturated carbocycles. The van der Waals surface area contributed by atoms with Gasteiger partial charge in [0.15, 0.2) is 0 Å². The lowest BCUT2D eigenvalue weighted by molar-refractivity contribution is -0.118. The second kappa shape index (κ2) is 4.34. The minimum Gasteiger partial charge on any atom is -0.390 e. The van der Waals surface area contributed by atoms with Crippen LogP contribution >= 0.6 is 0 Å². The third-order valence-electron chi connectivity index (χ3n) is 1.46. The van der Waals surface area contributed by atoms with E-state index in [1.807, 2.05) is 0 Å². The van der Waals surface area contributed by atoms with E-state index in [0.29, 0.717) is 6.42 Å². The molecule has 0 rings (SSSR count). The molecule has 0 aromatic carbocycles. The molecule has 1 amide bonds. The standard InChI is InChI=1S/C8H17NO2/c1-8(2,11)6-4-3-5-7(9)10/h11H,3-6H2,1-2H3,(H2,9,10). The predicted octanol–water partition coefficient (Wildman–Crippen LogP) is 0.803. The van der Waals surface area contributed by atoms with Crippen LogP contribution in [0.3, 0.4) is 0 Å². The molecular formula is C8H17NO2. The number of rotatable bonds is 5. The average molecular weight is 159 g/mol. The van der Waals surface area contributed by atoms with Crippen LogP contribution in [-0.4, -0.2) is 16.6 Å². The summed E-state index contributed by atoms with van der Waals surface area (Å²) in [7, 11) is 0. The zero-order valence-corrected chi connectivity index (χ0v) is 7.26. The SMILES string of the molecule is CC(C)(O)CCCCC(N)=O. The van der Waals surface area contributed by atoms with Crippen molar-refractivity contribution in [2.45, 2.75) is 45.1 Å². The molecule has 0 fully saturated rings. The lowest BCUT2D eigenvalue weighted by atomic mass is 10.0. The topological polar surface area (TPSA) is 63.3 Å². The van der Waals surface area contributed by atoms with Gasteiger partial charge in [-0.3, -0.25) is 4.79 Å². The summed E-state index contributed by atoms with van der Waals surface area (Å²) in [6, 6.07) is 0. The molecule has 0 spiro atoms. The number of carbonyl (C=O) groups excluding carboxylic acids is 1. The highest BCUT2D eigenvalue weighted by molar-refractivity contribution is 5.73. The summed E-state index contributed by atoms with van der Waals surface area (Å²) in [6.45, 7) is 3.52. The van der Waals surface area contributed by atoms with E-state index in [4.69, 9.17) is 5.73 Å². The summed E-state index contributed by atoms with van der Waals surface area (Å²) in [5.74, 6) is -0.263. The van der Waals surface area contributed by atoms with Crippen molar-refractivity contribution in [1.82, 2.24) is 0 Å². The van der Waals surface area contributed by atoms with Crippen molar-refractivity contribution in [3.63, 3.8) is 0 Å². The Morgan fingerprint density at radius 2 is 2.00 bits per heavy atom. The second-order valence-electron chi connectivity index (χ2n) is 3.49. The summed E-state index contributed by atoms with van der Waals surface area (Å²) in [4.78, 5) is 10.3. The van der Waals surface area contributed by atoms with Crippen LogP contribution in [-0.2, 0) is 4.79 Å². The molecule has 0 saturated heterocycles. The average Bonchev–Trinajstić information content (AvgIpc) is 1.78. The maximum absolute atomic E-state index is 10.3. The van der Waals surface area contributed by atoms with E-state index in [-0.39, 0.29) is 5.91 Å². The van der Waals surface area contributed by atoms with Crippen LogP contribution < -0.4 is 5.73 Å². The summed E-state index contributed by atoms with van der Waals surface area (Å²) >= 11 is 0. The van der Waals surface area contributed by atoms with Crippen molar-refractivity contribution in [3.05, 3.63) is 0 Å². The maximum atomic E-state index is 10.3. The first kappa shape index (κ1) is 10.4. The van der Waals surface area contributed by atoms with E-state index in [9.17, 15) is 9.90 Å². The molecule has 0 bridgehead atoms. The zero-order valence-electron chi connectivity index (χ0n) is 7.26. The van der Waals surface area contributed by atoms with Crippen LogP contribution in [0.5, 0.6) is 0 Å². The molecule has 3 nitrogen and oxygen atoms in total. The van der Waals surface area contributed by atoms with Gasteiger partial charge in [0.25, 0.3) is 0 Å². The molecule has 3 heteroatoms. The van der Waals surface area contributed by atoms with E-state index < -0.39 is 5.60 Å². The van der Waals surface area contributed by atoms with Crippen molar-refractivity contribution >= 4 is 5.91 Å². The third-order valence-corrected chi connectivity index (χ3v) is 1.46. The van der Waals surface area contributed by atoms with Gasteiger partial charge in [-0.2, -0.15) is 0 Å². The van der Waals surface area contributed by atoms with Gasteiger partial charge in [-0.1, -0.05) is 6.42 Å². The van der Waals surface area contributed by atoms with Crippen molar-refractivity contribution in [2.75, 3.05) is 0 Å². The Labute approximate surface area is 67.6 Å². The summed E-state index contributed by atoms with van der Waals surface area (Å²) in [5.41, 5.74) is 4.33. The van der Waals surface area contributed by atoms with E-state index in [1.165, 1.54) is 0 Å². The molecule has 0 aliphatic heterocycles. The quantitative estimate of drug-likeness (QED) is 0.583. The summed E-state index contributed by atoms with van der Waals surface area (Å²) < 4.78 is 0. The molecule has 0 radical (unpaired) electrons. The molecule has 0 aliphatic carbocycles.